The zero-order valence-corrected chi connectivity index (χ0v) is 10.6. The van der Waals surface area contributed by atoms with Crippen molar-refractivity contribution < 1.29 is 14.3 Å². The number of hydrogen-bond acceptors (Lipinski definition) is 6. The molecular weight excluding hydrogens is 246 g/mol. The van der Waals surface area contributed by atoms with E-state index >= 15 is 0 Å². The topological polar surface area (TPSA) is 93.5 Å². The van der Waals surface area contributed by atoms with Gasteiger partial charge in [0, 0.05) is 25.0 Å². The maximum atomic E-state index is 9.61. The van der Waals surface area contributed by atoms with Gasteiger partial charge in [0.1, 0.15) is 5.52 Å². The molecule has 6 nitrogen and oxygen atoms in total. The van der Waals surface area contributed by atoms with Gasteiger partial charge in [-0.15, -0.1) is 0 Å². The molecule has 6 heteroatoms. The van der Waals surface area contributed by atoms with E-state index in [9.17, 15) is 5.11 Å². The summed E-state index contributed by atoms with van der Waals surface area (Å²) in [5.41, 5.74) is 7.32. The standard InChI is InChI=1S/C13H17N3O3/c14-9-1-2-10-11(7-9)19-12(15-10)16-13(8-17)3-5-18-6-4-13/h1-2,7,17H,3-6,8,14H2,(H,15,16). The lowest BCUT2D eigenvalue weighted by molar-refractivity contribution is 0.0371. The van der Waals surface area contributed by atoms with E-state index in [1.165, 1.54) is 0 Å². The van der Waals surface area contributed by atoms with Crippen molar-refractivity contribution in [1.82, 2.24) is 4.98 Å². The second kappa shape index (κ2) is 4.71. The molecule has 0 aliphatic carbocycles. The molecule has 19 heavy (non-hydrogen) atoms. The van der Waals surface area contributed by atoms with Crippen LogP contribution in [0.3, 0.4) is 0 Å². The molecule has 102 valence electrons. The van der Waals surface area contributed by atoms with Crippen molar-refractivity contribution in [3.63, 3.8) is 0 Å². The van der Waals surface area contributed by atoms with Gasteiger partial charge in [0.15, 0.2) is 5.58 Å². The van der Waals surface area contributed by atoms with E-state index in [0.717, 1.165) is 18.4 Å². The predicted molar refractivity (Wildman–Crippen MR) is 71.9 cm³/mol. The molecule has 1 aliphatic rings. The average Bonchev–Trinajstić information content (AvgIpc) is 2.81. The molecule has 0 radical (unpaired) electrons. The minimum atomic E-state index is -0.412. The van der Waals surface area contributed by atoms with Crippen LogP contribution in [0, 0.1) is 0 Å². The Hall–Kier alpha value is -1.79. The molecule has 0 bridgehead atoms. The molecule has 2 heterocycles. The fraction of sp³-hybridized carbons (Fsp3) is 0.462. The van der Waals surface area contributed by atoms with E-state index in [1.807, 2.05) is 6.07 Å². The van der Waals surface area contributed by atoms with Gasteiger partial charge in [-0.2, -0.15) is 4.98 Å². The van der Waals surface area contributed by atoms with Crippen LogP contribution < -0.4 is 11.1 Å². The molecule has 1 aromatic carbocycles. The highest BCUT2D eigenvalue weighted by atomic mass is 16.5. The minimum Gasteiger partial charge on any atom is -0.423 e. The number of aromatic nitrogens is 1. The molecule has 1 aliphatic heterocycles. The first-order valence-electron chi connectivity index (χ1n) is 6.34. The van der Waals surface area contributed by atoms with Crippen LogP contribution in [0.2, 0.25) is 0 Å². The highest BCUT2D eigenvalue weighted by molar-refractivity contribution is 5.78. The number of nitrogens with zero attached hydrogens (tertiary/aromatic N) is 1. The van der Waals surface area contributed by atoms with Crippen molar-refractivity contribution >= 4 is 22.8 Å². The van der Waals surface area contributed by atoms with Crippen molar-refractivity contribution in [3.8, 4) is 0 Å². The number of fused-ring (bicyclic) bond motifs is 1. The highest BCUT2D eigenvalue weighted by Crippen LogP contribution is 2.28. The summed E-state index contributed by atoms with van der Waals surface area (Å²) in [5, 5.41) is 12.8. The van der Waals surface area contributed by atoms with Gasteiger partial charge in [-0.1, -0.05) is 0 Å². The first-order valence-corrected chi connectivity index (χ1v) is 6.34. The van der Waals surface area contributed by atoms with E-state index in [2.05, 4.69) is 10.3 Å². The van der Waals surface area contributed by atoms with E-state index in [1.54, 1.807) is 12.1 Å². The van der Waals surface area contributed by atoms with Crippen LogP contribution >= 0.6 is 0 Å². The molecule has 0 spiro atoms. The Morgan fingerprint density at radius 2 is 2.16 bits per heavy atom. The Labute approximate surface area is 110 Å². The molecule has 0 unspecified atom stereocenters. The van der Waals surface area contributed by atoms with Gasteiger partial charge in [-0.05, 0) is 25.0 Å². The number of anilines is 2. The fourth-order valence-corrected chi connectivity index (χ4v) is 2.31. The SMILES string of the molecule is Nc1ccc2nc(NC3(CO)CCOCC3)oc2c1. The van der Waals surface area contributed by atoms with Gasteiger partial charge >= 0.3 is 0 Å². The third-order valence-electron chi connectivity index (χ3n) is 3.54. The molecule has 0 saturated carbocycles. The van der Waals surface area contributed by atoms with Crippen molar-refractivity contribution in [2.45, 2.75) is 18.4 Å². The van der Waals surface area contributed by atoms with E-state index in [-0.39, 0.29) is 6.61 Å². The molecule has 0 amide bonds. The first kappa shape index (κ1) is 12.3. The Morgan fingerprint density at radius 1 is 1.37 bits per heavy atom. The number of oxazole rings is 1. The van der Waals surface area contributed by atoms with Crippen LogP contribution in [-0.2, 0) is 4.74 Å². The Bertz CT molecular complexity index is 576. The quantitative estimate of drug-likeness (QED) is 0.724. The van der Waals surface area contributed by atoms with Gasteiger partial charge in [-0.3, -0.25) is 0 Å². The van der Waals surface area contributed by atoms with Gasteiger partial charge in [0.25, 0.3) is 6.01 Å². The van der Waals surface area contributed by atoms with Crippen molar-refractivity contribution in [3.05, 3.63) is 18.2 Å². The number of aliphatic hydroxyl groups is 1. The first-order chi connectivity index (χ1) is 9.21. The van der Waals surface area contributed by atoms with Crippen LogP contribution in [0.4, 0.5) is 11.7 Å². The van der Waals surface area contributed by atoms with Crippen molar-refractivity contribution in [1.29, 1.82) is 0 Å². The monoisotopic (exact) mass is 263 g/mol. The molecule has 2 aromatic rings. The predicted octanol–water partition coefficient (Wildman–Crippen LogP) is 1.36. The minimum absolute atomic E-state index is 0.0250. The summed E-state index contributed by atoms with van der Waals surface area (Å²) >= 11 is 0. The lowest BCUT2D eigenvalue weighted by atomic mass is 9.91. The molecule has 1 saturated heterocycles. The third kappa shape index (κ3) is 2.36. The van der Waals surface area contributed by atoms with Gasteiger partial charge < -0.3 is 25.3 Å². The van der Waals surface area contributed by atoms with E-state index in [0.29, 0.717) is 30.5 Å². The third-order valence-corrected chi connectivity index (χ3v) is 3.54. The normalized spacial score (nSPS) is 18.6. The van der Waals surface area contributed by atoms with E-state index in [4.69, 9.17) is 14.9 Å². The Kier molecular flexibility index (Phi) is 3.04. The maximum absolute atomic E-state index is 9.61. The average molecular weight is 263 g/mol. The van der Waals surface area contributed by atoms with E-state index < -0.39 is 5.54 Å². The van der Waals surface area contributed by atoms with Crippen LogP contribution in [0.25, 0.3) is 11.1 Å². The zero-order chi connectivity index (χ0) is 13.3. The number of nitrogens with two attached hydrogens (primary N) is 1. The number of ether oxygens (including phenoxy) is 1. The van der Waals surface area contributed by atoms with Crippen LogP contribution in [0.5, 0.6) is 0 Å². The summed E-state index contributed by atoms with van der Waals surface area (Å²) in [6.07, 6.45) is 1.45. The molecule has 1 aromatic heterocycles. The van der Waals surface area contributed by atoms with Gasteiger partial charge in [-0.25, -0.2) is 0 Å². The van der Waals surface area contributed by atoms with Crippen LogP contribution in [0.15, 0.2) is 22.6 Å². The number of hydrogen-bond donors (Lipinski definition) is 3. The summed E-state index contributed by atoms with van der Waals surface area (Å²) < 4.78 is 10.9. The van der Waals surface area contributed by atoms with Gasteiger partial charge in [0.2, 0.25) is 0 Å². The molecular formula is C13H17N3O3. The Morgan fingerprint density at radius 3 is 2.89 bits per heavy atom. The number of nitrogen functional groups attached to an aromatic ring is 1. The summed E-state index contributed by atoms with van der Waals surface area (Å²) in [4.78, 5) is 4.36. The molecule has 4 N–H and O–H groups in total. The Balaban J connectivity index is 1.87. The molecule has 1 fully saturated rings. The molecule has 0 atom stereocenters. The zero-order valence-electron chi connectivity index (χ0n) is 10.6. The largest absolute Gasteiger partial charge is 0.423 e. The van der Waals surface area contributed by atoms with Gasteiger partial charge in [0.05, 0.1) is 12.1 Å². The smallest absolute Gasteiger partial charge is 0.296 e. The number of rotatable bonds is 3. The van der Waals surface area contributed by atoms with Crippen LogP contribution in [0.1, 0.15) is 12.8 Å². The lowest BCUT2D eigenvalue weighted by Gasteiger charge is -2.35. The number of aliphatic hydroxyl groups excluding tert-OH is 1. The summed E-state index contributed by atoms with van der Waals surface area (Å²) in [5.74, 6) is 0. The van der Waals surface area contributed by atoms with Crippen LogP contribution in [-0.4, -0.2) is 35.5 Å². The summed E-state index contributed by atoms with van der Waals surface area (Å²) in [6.45, 7) is 1.28. The second-order valence-corrected chi connectivity index (χ2v) is 4.92. The summed E-state index contributed by atoms with van der Waals surface area (Å²) in [6, 6.07) is 5.75. The van der Waals surface area contributed by atoms with Crippen molar-refractivity contribution in [2.24, 2.45) is 0 Å². The fourth-order valence-electron chi connectivity index (χ4n) is 2.31. The second-order valence-electron chi connectivity index (χ2n) is 4.92. The maximum Gasteiger partial charge on any atom is 0.296 e. The van der Waals surface area contributed by atoms with Crippen molar-refractivity contribution in [2.75, 3.05) is 30.9 Å². The lowest BCUT2D eigenvalue weighted by Crippen LogP contribution is -2.47. The summed E-state index contributed by atoms with van der Waals surface area (Å²) in [7, 11) is 0. The molecule has 3 rings (SSSR count). The number of nitrogens with one attached hydrogen (secondary N) is 1. The number of benzene rings is 1. The highest BCUT2D eigenvalue weighted by Gasteiger charge is 2.33.